The monoisotopic (exact) mass is 587 g/mol. The molecule has 8 nitrogen and oxygen atoms in total. The Morgan fingerprint density at radius 2 is 1.40 bits per heavy atom. The van der Waals surface area contributed by atoms with Crippen LogP contribution in [0.1, 0.15) is 38.8 Å². The van der Waals surface area contributed by atoms with Crippen molar-refractivity contribution in [3.05, 3.63) is 131 Å². The van der Waals surface area contributed by atoms with E-state index in [-0.39, 0.29) is 17.6 Å². The van der Waals surface area contributed by atoms with Crippen LogP contribution in [0.2, 0.25) is 0 Å². The van der Waals surface area contributed by atoms with Crippen LogP contribution >= 0.6 is 11.8 Å². The minimum atomic E-state index is -0.220. The van der Waals surface area contributed by atoms with Crippen LogP contribution in [0.5, 0.6) is 0 Å². The Hall–Kier alpha value is -5.28. The van der Waals surface area contributed by atoms with Gasteiger partial charge in [-0.15, -0.1) is 10.2 Å². The number of benzene rings is 4. The summed E-state index contributed by atoms with van der Waals surface area (Å²) in [4.78, 5) is 36.4. The van der Waals surface area contributed by atoms with Gasteiger partial charge in [0.2, 0.25) is 5.91 Å². The molecule has 0 atom stereocenters. The van der Waals surface area contributed by atoms with E-state index in [1.807, 2.05) is 78.3 Å². The maximum absolute atomic E-state index is 12.6. The van der Waals surface area contributed by atoms with Crippen molar-refractivity contribution < 1.29 is 14.4 Å². The van der Waals surface area contributed by atoms with E-state index in [2.05, 4.69) is 20.8 Å². The molecule has 1 aromatic heterocycles. The summed E-state index contributed by atoms with van der Waals surface area (Å²) in [5.41, 5.74) is 5.33. The van der Waals surface area contributed by atoms with Crippen molar-refractivity contribution >= 4 is 46.8 Å². The fourth-order valence-electron chi connectivity index (χ4n) is 4.21. The molecular weight excluding hydrogens is 558 g/mol. The molecule has 2 amide bonds. The highest BCUT2D eigenvalue weighted by atomic mass is 32.2. The number of Topliss-reactive ketones (excluding diaryl/α,β-unsaturated/α-hetero) is 1. The summed E-state index contributed by atoms with van der Waals surface area (Å²) >= 11 is 1.55. The van der Waals surface area contributed by atoms with E-state index in [0.717, 1.165) is 21.8 Å². The maximum Gasteiger partial charge on any atom is 0.255 e. The largest absolute Gasteiger partial charge is 0.323 e. The Morgan fingerprint density at radius 3 is 2.07 bits per heavy atom. The first-order valence-electron chi connectivity index (χ1n) is 13.5. The van der Waals surface area contributed by atoms with Gasteiger partial charge in [0.05, 0.1) is 0 Å². The zero-order chi connectivity index (χ0) is 30.2. The molecule has 0 bridgehead atoms. The number of carbonyl (C=O) groups excluding carboxylic acids is 3. The SMILES string of the molecule is CC(=O)c1ccc(NC(=O)c2ccc(CSc3nnc(-c4ccc(NC(=O)/C=C/c5ccccc5)cc4)n3C)cc2)cc1. The summed E-state index contributed by atoms with van der Waals surface area (Å²) in [5.74, 6) is 0.924. The standard InChI is InChI=1S/C34H29N5O3S/c1-23(40)26-13-17-30(18-14-26)36-33(42)28-11-8-25(9-12-28)22-43-34-38-37-32(39(34)2)27-15-19-29(20-16-27)35-31(41)21-10-24-6-4-3-5-7-24/h3-21H,22H2,1-2H3,(H,35,41)(H,36,42)/b21-10+. The number of rotatable bonds is 10. The lowest BCUT2D eigenvalue weighted by atomic mass is 10.1. The van der Waals surface area contributed by atoms with Gasteiger partial charge in [-0.05, 0) is 84.8 Å². The molecule has 0 aliphatic carbocycles. The number of nitrogens with one attached hydrogen (secondary N) is 2. The second-order valence-electron chi connectivity index (χ2n) is 9.75. The van der Waals surface area contributed by atoms with E-state index in [4.69, 9.17) is 0 Å². The number of hydrogen-bond acceptors (Lipinski definition) is 6. The van der Waals surface area contributed by atoms with Crippen molar-refractivity contribution in [2.75, 3.05) is 10.6 Å². The highest BCUT2D eigenvalue weighted by Gasteiger charge is 2.13. The van der Waals surface area contributed by atoms with Gasteiger partial charge in [0.15, 0.2) is 16.8 Å². The number of aromatic nitrogens is 3. The number of carbonyl (C=O) groups is 3. The molecule has 43 heavy (non-hydrogen) atoms. The molecule has 214 valence electrons. The van der Waals surface area contributed by atoms with Gasteiger partial charge >= 0.3 is 0 Å². The van der Waals surface area contributed by atoms with Gasteiger partial charge in [-0.25, -0.2) is 0 Å². The van der Waals surface area contributed by atoms with E-state index in [9.17, 15) is 14.4 Å². The molecule has 4 aromatic carbocycles. The molecule has 0 radical (unpaired) electrons. The number of nitrogens with zero attached hydrogens (tertiary/aromatic N) is 3. The molecule has 0 fully saturated rings. The Kier molecular flexibility index (Phi) is 9.23. The van der Waals surface area contributed by atoms with Crippen molar-refractivity contribution in [1.29, 1.82) is 0 Å². The first kappa shape index (κ1) is 29.2. The fourth-order valence-corrected chi connectivity index (χ4v) is 5.07. The van der Waals surface area contributed by atoms with E-state index in [1.54, 1.807) is 54.2 Å². The van der Waals surface area contributed by atoms with Crippen LogP contribution < -0.4 is 10.6 Å². The Morgan fingerprint density at radius 1 is 0.767 bits per heavy atom. The van der Waals surface area contributed by atoms with Crippen LogP contribution in [0.4, 0.5) is 11.4 Å². The Labute approximate surface area is 253 Å². The van der Waals surface area contributed by atoms with Crippen molar-refractivity contribution in [1.82, 2.24) is 14.8 Å². The molecule has 0 aliphatic rings. The van der Waals surface area contributed by atoms with Gasteiger partial charge in [0, 0.05) is 46.9 Å². The van der Waals surface area contributed by atoms with Crippen LogP contribution in [-0.4, -0.2) is 32.4 Å². The molecule has 2 N–H and O–H groups in total. The highest BCUT2D eigenvalue weighted by Crippen LogP contribution is 2.26. The van der Waals surface area contributed by atoms with Crippen molar-refractivity contribution in [2.24, 2.45) is 7.05 Å². The molecule has 1 heterocycles. The summed E-state index contributed by atoms with van der Waals surface area (Å²) in [6.45, 7) is 1.51. The quantitative estimate of drug-likeness (QED) is 0.105. The molecular formula is C34H29N5O3S. The summed E-state index contributed by atoms with van der Waals surface area (Å²) in [6.07, 6.45) is 3.28. The normalized spacial score (nSPS) is 10.9. The number of hydrogen-bond donors (Lipinski definition) is 2. The van der Waals surface area contributed by atoms with E-state index in [0.29, 0.717) is 34.1 Å². The summed E-state index contributed by atoms with van der Waals surface area (Å²) in [7, 11) is 1.91. The molecule has 5 aromatic rings. The maximum atomic E-state index is 12.6. The fraction of sp³-hybridized carbons (Fsp3) is 0.0882. The lowest BCUT2D eigenvalue weighted by Crippen LogP contribution is -2.11. The topological polar surface area (TPSA) is 106 Å². The van der Waals surface area contributed by atoms with Crippen LogP contribution in [-0.2, 0) is 17.6 Å². The molecule has 0 unspecified atom stereocenters. The first-order chi connectivity index (χ1) is 20.9. The molecule has 5 rings (SSSR count). The predicted molar refractivity (Wildman–Crippen MR) is 171 cm³/mol. The lowest BCUT2D eigenvalue weighted by molar-refractivity contribution is -0.111. The number of thioether (sulfide) groups is 1. The number of amides is 2. The van der Waals surface area contributed by atoms with E-state index in [1.165, 1.54) is 13.0 Å². The summed E-state index contributed by atoms with van der Waals surface area (Å²) in [5, 5.41) is 15.2. The average molecular weight is 588 g/mol. The van der Waals surface area contributed by atoms with Crippen LogP contribution in [0, 0.1) is 0 Å². The Balaban J connectivity index is 1.14. The van der Waals surface area contributed by atoms with Gasteiger partial charge in [-0.3, -0.25) is 14.4 Å². The third-order valence-corrected chi connectivity index (χ3v) is 7.70. The van der Waals surface area contributed by atoms with Crippen LogP contribution in [0.3, 0.4) is 0 Å². The molecule has 9 heteroatoms. The van der Waals surface area contributed by atoms with Gasteiger partial charge < -0.3 is 15.2 Å². The third-order valence-electron chi connectivity index (χ3n) is 6.61. The van der Waals surface area contributed by atoms with Gasteiger partial charge in [-0.2, -0.15) is 0 Å². The van der Waals surface area contributed by atoms with Gasteiger partial charge in [0.1, 0.15) is 0 Å². The molecule has 0 spiro atoms. The zero-order valence-corrected chi connectivity index (χ0v) is 24.5. The highest BCUT2D eigenvalue weighted by molar-refractivity contribution is 7.98. The Bertz CT molecular complexity index is 1760. The predicted octanol–water partition coefficient (Wildman–Crippen LogP) is 6.88. The molecule has 0 saturated carbocycles. The molecule has 0 aliphatic heterocycles. The minimum absolute atomic E-state index is 0.0203. The zero-order valence-electron chi connectivity index (χ0n) is 23.7. The summed E-state index contributed by atoms with van der Waals surface area (Å²) < 4.78 is 1.93. The summed E-state index contributed by atoms with van der Waals surface area (Å²) in [6, 6.07) is 31.3. The minimum Gasteiger partial charge on any atom is -0.323 e. The van der Waals surface area contributed by atoms with Crippen LogP contribution in [0.25, 0.3) is 17.5 Å². The lowest BCUT2D eigenvalue weighted by Gasteiger charge is -2.08. The van der Waals surface area contributed by atoms with Gasteiger partial charge in [0.25, 0.3) is 5.91 Å². The first-order valence-corrected chi connectivity index (χ1v) is 14.5. The number of anilines is 2. The second-order valence-corrected chi connectivity index (χ2v) is 10.7. The van der Waals surface area contributed by atoms with Crippen molar-refractivity contribution in [2.45, 2.75) is 17.8 Å². The molecule has 0 saturated heterocycles. The van der Waals surface area contributed by atoms with Crippen molar-refractivity contribution in [3.8, 4) is 11.4 Å². The van der Waals surface area contributed by atoms with Gasteiger partial charge in [-0.1, -0.05) is 54.2 Å². The van der Waals surface area contributed by atoms with E-state index >= 15 is 0 Å². The number of ketones is 1. The average Bonchev–Trinajstić information content (AvgIpc) is 3.40. The second kappa shape index (κ2) is 13.6. The van der Waals surface area contributed by atoms with Crippen LogP contribution in [0.15, 0.2) is 114 Å². The smallest absolute Gasteiger partial charge is 0.255 e. The third kappa shape index (κ3) is 7.72. The van der Waals surface area contributed by atoms with E-state index < -0.39 is 0 Å². The van der Waals surface area contributed by atoms with Crippen molar-refractivity contribution in [3.63, 3.8) is 0 Å².